The predicted octanol–water partition coefficient (Wildman–Crippen LogP) is 2.95. The largest absolute Gasteiger partial charge is 0.493 e. The van der Waals surface area contributed by atoms with Gasteiger partial charge in [-0.3, -0.25) is 19.7 Å². The molecule has 0 aromatic heterocycles. The van der Waals surface area contributed by atoms with Crippen molar-refractivity contribution < 1.29 is 29.1 Å². The van der Waals surface area contributed by atoms with E-state index in [-0.39, 0.29) is 11.3 Å². The van der Waals surface area contributed by atoms with Crippen LogP contribution in [0.3, 0.4) is 0 Å². The molecule has 0 fully saturated rings. The van der Waals surface area contributed by atoms with Crippen LogP contribution in [0.25, 0.3) is 0 Å². The zero-order chi connectivity index (χ0) is 20.7. The highest BCUT2D eigenvalue weighted by Crippen LogP contribution is 2.31. The number of nitro groups is 1. The number of benzene rings is 2. The first-order valence-electron chi connectivity index (χ1n) is 8.44. The second kappa shape index (κ2) is 9.36. The Labute approximate surface area is 161 Å². The fourth-order valence-corrected chi connectivity index (χ4v) is 2.66. The number of hydrogen-bond donors (Lipinski definition) is 2. The number of para-hydroxylation sites is 1. The van der Waals surface area contributed by atoms with Crippen LogP contribution in [0, 0.1) is 10.1 Å². The fourth-order valence-electron chi connectivity index (χ4n) is 2.66. The molecule has 0 saturated heterocycles. The summed E-state index contributed by atoms with van der Waals surface area (Å²) in [5.74, 6) is -1.02. The molecule has 0 spiro atoms. The number of aliphatic carboxylic acids is 1. The van der Waals surface area contributed by atoms with E-state index in [9.17, 15) is 24.8 Å². The van der Waals surface area contributed by atoms with Gasteiger partial charge >= 0.3 is 5.97 Å². The lowest BCUT2D eigenvalue weighted by atomic mass is 10.0. The maximum atomic E-state index is 12.6. The number of carboxylic acids is 1. The Balaban J connectivity index is 2.36. The standard InChI is InChI=1S/C19H20N2O7/c1-3-28-16-9-8-12(10-17(16)27-2)14(11-18(22)23)20-19(24)13-6-4-5-7-15(13)21(25)26/h4-10,14H,3,11H2,1-2H3,(H,20,24)(H,22,23). The van der Waals surface area contributed by atoms with Gasteiger partial charge in [-0.05, 0) is 30.7 Å². The van der Waals surface area contributed by atoms with E-state index in [4.69, 9.17) is 9.47 Å². The van der Waals surface area contributed by atoms with Crippen LogP contribution in [-0.4, -0.2) is 35.6 Å². The van der Waals surface area contributed by atoms with Gasteiger partial charge in [0.05, 0.1) is 31.1 Å². The molecule has 9 heteroatoms. The van der Waals surface area contributed by atoms with Crippen molar-refractivity contribution in [3.63, 3.8) is 0 Å². The van der Waals surface area contributed by atoms with Crippen molar-refractivity contribution in [3.05, 3.63) is 63.7 Å². The van der Waals surface area contributed by atoms with E-state index < -0.39 is 29.3 Å². The van der Waals surface area contributed by atoms with Gasteiger partial charge < -0.3 is 19.9 Å². The lowest BCUT2D eigenvalue weighted by Crippen LogP contribution is -2.30. The first kappa shape index (κ1) is 20.7. The first-order valence-corrected chi connectivity index (χ1v) is 8.44. The summed E-state index contributed by atoms with van der Waals surface area (Å²) in [4.78, 5) is 34.4. The molecule has 0 aliphatic carbocycles. The van der Waals surface area contributed by atoms with Gasteiger partial charge in [-0.1, -0.05) is 18.2 Å². The zero-order valence-corrected chi connectivity index (χ0v) is 15.4. The molecule has 1 unspecified atom stereocenters. The number of methoxy groups -OCH3 is 1. The third-order valence-electron chi connectivity index (χ3n) is 3.92. The molecule has 0 aliphatic heterocycles. The van der Waals surface area contributed by atoms with Gasteiger partial charge in [0.15, 0.2) is 11.5 Å². The van der Waals surface area contributed by atoms with Crippen LogP contribution >= 0.6 is 0 Å². The number of carbonyl (C=O) groups excluding carboxylic acids is 1. The molecule has 2 aromatic carbocycles. The van der Waals surface area contributed by atoms with E-state index >= 15 is 0 Å². The lowest BCUT2D eigenvalue weighted by molar-refractivity contribution is -0.385. The summed E-state index contributed by atoms with van der Waals surface area (Å²) in [5, 5.41) is 22.9. The van der Waals surface area contributed by atoms with Crippen molar-refractivity contribution in [3.8, 4) is 11.5 Å². The molecule has 28 heavy (non-hydrogen) atoms. The van der Waals surface area contributed by atoms with Crippen LogP contribution in [0.4, 0.5) is 5.69 Å². The summed E-state index contributed by atoms with van der Waals surface area (Å²) in [6.07, 6.45) is -0.413. The Hall–Kier alpha value is -3.62. The van der Waals surface area contributed by atoms with Gasteiger partial charge in [0.1, 0.15) is 5.56 Å². The second-order valence-electron chi connectivity index (χ2n) is 5.74. The molecule has 1 amide bonds. The molecular formula is C19H20N2O7. The van der Waals surface area contributed by atoms with Crippen LogP contribution in [0.15, 0.2) is 42.5 Å². The molecule has 2 rings (SSSR count). The minimum atomic E-state index is -1.14. The predicted molar refractivity (Wildman–Crippen MR) is 99.7 cm³/mol. The number of rotatable bonds is 9. The van der Waals surface area contributed by atoms with Crippen molar-refractivity contribution in [1.82, 2.24) is 5.32 Å². The summed E-state index contributed by atoms with van der Waals surface area (Å²) >= 11 is 0. The number of amides is 1. The number of hydrogen-bond acceptors (Lipinski definition) is 6. The van der Waals surface area contributed by atoms with Crippen LogP contribution in [-0.2, 0) is 4.79 Å². The zero-order valence-electron chi connectivity index (χ0n) is 15.4. The Kier molecular flexibility index (Phi) is 6.91. The van der Waals surface area contributed by atoms with Gasteiger partial charge in [-0.15, -0.1) is 0 Å². The monoisotopic (exact) mass is 388 g/mol. The van der Waals surface area contributed by atoms with Crippen molar-refractivity contribution in [2.45, 2.75) is 19.4 Å². The number of ether oxygens (including phenoxy) is 2. The summed E-state index contributed by atoms with van der Waals surface area (Å²) in [7, 11) is 1.44. The Morgan fingerprint density at radius 2 is 1.93 bits per heavy atom. The van der Waals surface area contributed by atoms with Gasteiger partial charge in [-0.25, -0.2) is 0 Å². The first-order chi connectivity index (χ1) is 13.4. The third kappa shape index (κ3) is 4.97. The third-order valence-corrected chi connectivity index (χ3v) is 3.92. The molecular weight excluding hydrogens is 368 g/mol. The topological polar surface area (TPSA) is 128 Å². The molecule has 9 nitrogen and oxygen atoms in total. The molecule has 148 valence electrons. The maximum Gasteiger partial charge on any atom is 0.305 e. The van der Waals surface area contributed by atoms with E-state index in [2.05, 4.69) is 5.32 Å². The van der Waals surface area contributed by atoms with Gasteiger partial charge in [0, 0.05) is 6.07 Å². The SMILES string of the molecule is CCOc1ccc(C(CC(=O)O)NC(=O)c2ccccc2[N+](=O)[O-])cc1OC. The van der Waals surface area contributed by atoms with Gasteiger partial charge in [-0.2, -0.15) is 0 Å². The highest BCUT2D eigenvalue weighted by Gasteiger charge is 2.24. The summed E-state index contributed by atoms with van der Waals surface area (Å²) in [6, 6.07) is 9.33. The smallest absolute Gasteiger partial charge is 0.305 e. The number of nitrogens with one attached hydrogen (secondary N) is 1. The van der Waals surface area contributed by atoms with Crippen molar-refractivity contribution in [1.29, 1.82) is 0 Å². The van der Waals surface area contributed by atoms with Crippen LogP contribution in [0.1, 0.15) is 35.3 Å². The molecule has 2 N–H and O–H groups in total. The number of nitrogens with zero attached hydrogens (tertiary/aromatic N) is 1. The Bertz CT molecular complexity index is 882. The minimum absolute atomic E-state index is 0.152. The minimum Gasteiger partial charge on any atom is -0.493 e. The fraction of sp³-hybridized carbons (Fsp3) is 0.263. The van der Waals surface area contributed by atoms with E-state index in [1.54, 1.807) is 18.2 Å². The quantitative estimate of drug-likeness (QED) is 0.499. The van der Waals surface area contributed by atoms with Crippen LogP contribution in [0.5, 0.6) is 11.5 Å². The molecule has 0 radical (unpaired) electrons. The maximum absolute atomic E-state index is 12.6. The Morgan fingerprint density at radius 3 is 2.54 bits per heavy atom. The van der Waals surface area contributed by atoms with E-state index in [1.807, 2.05) is 6.92 Å². The van der Waals surface area contributed by atoms with Gasteiger partial charge in [0.25, 0.3) is 11.6 Å². The summed E-state index contributed by atoms with van der Waals surface area (Å²) in [6.45, 7) is 2.23. The molecule has 2 aromatic rings. The van der Waals surface area contributed by atoms with Crippen LogP contribution in [0.2, 0.25) is 0 Å². The van der Waals surface area contributed by atoms with Crippen LogP contribution < -0.4 is 14.8 Å². The normalized spacial score (nSPS) is 11.4. The van der Waals surface area contributed by atoms with E-state index in [1.165, 1.54) is 31.4 Å². The highest BCUT2D eigenvalue weighted by atomic mass is 16.6. The van der Waals surface area contributed by atoms with Crippen molar-refractivity contribution >= 4 is 17.6 Å². The van der Waals surface area contributed by atoms with Gasteiger partial charge in [0.2, 0.25) is 0 Å². The summed E-state index contributed by atoms with van der Waals surface area (Å²) in [5.41, 5.74) is -0.0474. The number of nitro benzene ring substituents is 1. The Morgan fingerprint density at radius 1 is 1.21 bits per heavy atom. The highest BCUT2D eigenvalue weighted by molar-refractivity contribution is 5.98. The molecule has 0 saturated carbocycles. The number of carboxylic acid groups (broad SMARTS) is 1. The van der Waals surface area contributed by atoms with E-state index in [0.29, 0.717) is 23.7 Å². The average Bonchev–Trinajstić information content (AvgIpc) is 2.67. The molecule has 1 atom stereocenters. The molecule has 0 heterocycles. The lowest BCUT2D eigenvalue weighted by Gasteiger charge is -2.19. The van der Waals surface area contributed by atoms with Crippen molar-refractivity contribution in [2.24, 2.45) is 0 Å². The summed E-state index contributed by atoms with van der Waals surface area (Å²) < 4.78 is 10.7. The average molecular weight is 388 g/mol. The number of carbonyl (C=O) groups is 2. The van der Waals surface area contributed by atoms with E-state index in [0.717, 1.165) is 0 Å². The molecule has 0 bridgehead atoms. The van der Waals surface area contributed by atoms with Crippen molar-refractivity contribution in [2.75, 3.05) is 13.7 Å². The second-order valence-corrected chi connectivity index (χ2v) is 5.74. The molecule has 0 aliphatic rings.